The topological polar surface area (TPSA) is 75.6 Å². The van der Waals surface area contributed by atoms with Crippen molar-refractivity contribution in [3.05, 3.63) is 35.4 Å². The van der Waals surface area contributed by atoms with Crippen LogP contribution < -0.4 is 5.32 Å². The Bertz CT molecular complexity index is 550. The molecule has 5 nitrogen and oxygen atoms in total. The molecular formula is C18H27NO4. The molecule has 0 unspecified atom stereocenters. The maximum absolute atomic E-state index is 11.8. The number of carbonyl (C=O) groups is 2. The van der Waals surface area contributed by atoms with E-state index in [9.17, 15) is 14.7 Å². The molecule has 1 amide bonds. The summed E-state index contributed by atoms with van der Waals surface area (Å²) in [6.45, 7) is 11.5. The van der Waals surface area contributed by atoms with Gasteiger partial charge in [0.15, 0.2) is 0 Å². The Morgan fingerprint density at radius 1 is 1.09 bits per heavy atom. The van der Waals surface area contributed by atoms with Crippen LogP contribution >= 0.6 is 0 Å². The molecular weight excluding hydrogens is 294 g/mol. The van der Waals surface area contributed by atoms with Gasteiger partial charge in [-0.15, -0.1) is 0 Å². The quantitative estimate of drug-likeness (QED) is 0.890. The largest absolute Gasteiger partial charge is 0.480 e. The van der Waals surface area contributed by atoms with Crippen molar-refractivity contribution in [2.24, 2.45) is 0 Å². The highest BCUT2D eigenvalue weighted by molar-refractivity contribution is 5.80. The number of carbonyl (C=O) groups excluding carboxylic acids is 1. The zero-order valence-corrected chi connectivity index (χ0v) is 14.8. The third-order valence-electron chi connectivity index (χ3n) is 3.25. The van der Waals surface area contributed by atoms with Gasteiger partial charge in [0, 0.05) is 6.42 Å². The van der Waals surface area contributed by atoms with Crippen LogP contribution in [0.15, 0.2) is 24.3 Å². The van der Waals surface area contributed by atoms with E-state index >= 15 is 0 Å². The van der Waals surface area contributed by atoms with Gasteiger partial charge in [0.05, 0.1) is 0 Å². The summed E-state index contributed by atoms with van der Waals surface area (Å²) in [4.78, 5) is 23.1. The van der Waals surface area contributed by atoms with Crippen molar-refractivity contribution >= 4 is 12.1 Å². The number of ether oxygens (including phenoxy) is 1. The summed E-state index contributed by atoms with van der Waals surface area (Å²) >= 11 is 0. The van der Waals surface area contributed by atoms with Crippen molar-refractivity contribution in [2.45, 2.75) is 65.0 Å². The van der Waals surface area contributed by atoms with Crippen molar-refractivity contribution in [2.75, 3.05) is 0 Å². The summed E-state index contributed by atoms with van der Waals surface area (Å²) in [6.07, 6.45) is -0.518. The third kappa shape index (κ3) is 6.72. The van der Waals surface area contributed by atoms with Crippen LogP contribution in [0.4, 0.5) is 4.79 Å². The van der Waals surface area contributed by atoms with Gasteiger partial charge in [-0.2, -0.15) is 0 Å². The molecule has 0 aliphatic carbocycles. The molecule has 1 aromatic carbocycles. The van der Waals surface area contributed by atoms with E-state index in [-0.39, 0.29) is 11.8 Å². The highest BCUT2D eigenvalue weighted by atomic mass is 16.6. The van der Waals surface area contributed by atoms with Crippen molar-refractivity contribution in [3.8, 4) is 0 Å². The van der Waals surface area contributed by atoms with Gasteiger partial charge in [-0.05, 0) is 37.3 Å². The summed E-state index contributed by atoms with van der Waals surface area (Å²) in [5.74, 6) is -1.09. The van der Waals surface area contributed by atoms with Crippen LogP contribution in [0.3, 0.4) is 0 Å². The van der Waals surface area contributed by atoms with Gasteiger partial charge in [0.1, 0.15) is 11.6 Å². The van der Waals surface area contributed by atoms with Gasteiger partial charge in [-0.25, -0.2) is 9.59 Å². The Morgan fingerprint density at radius 3 is 2.00 bits per heavy atom. The number of nitrogens with one attached hydrogen (secondary N) is 1. The minimum absolute atomic E-state index is 0.0412. The second kappa shape index (κ2) is 7.02. The molecule has 0 saturated carbocycles. The monoisotopic (exact) mass is 321 g/mol. The fraction of sp³-hybridized carbons (Fsp3) is 0.556. The molecule has 1 rings (SSSR count). The first-order valence-corrected chi connectivity index (χ1v) is 7.70. The third-order valence-corrected chi connectivity index (χ3v) is 3.25. The minimum Gasteiger partial charge on any atom is -0.480 e. The summed E-state index contributed by atoms with van der Waals surface area (Å²) < 4.78 is 5.11. The molecule has 0 aromatic heterocycles. The molecule has 0 aliphatic rings. The van der Waals surface area contributed by atoms with Gasteiger partial charge in [-0.1, -0.05) is 45.0 Å². The van der Waals surface area contributed by atoms with Crippen LogP contribution in [0.2, 0.25) is 0 Å². The smallest absolute Gasteiger partial charge is 0.408 e. The lowest BCUT2D eigenvalue weighted by atomic mass is 9.86. The van der Waals surface area contributed by atoms with Crippen molar-refractivity contribution in [1.29, 1.82) is 0 Å². The molecule has 2 N–H and O–H groups in total. The summed E-state index contributed by atoms with van der Waals surface area (Å²) in [7, 11) is 0. The number of hydrogen-bond acceptors (Lipinski definition) is 3. The molecule has 0 radical (unpaired) electrons. The number of carboxylic acids is 1. The van der Waals surface area contributed by atoms with Crippen LogP contribution in [-0.2, 0) is 21.4 Å². The maximum atomic E-state index is 11.8. The molecule has 1 atom stereocenters. The minimum atomic E-state index is -1.09. The molecule has 0 saturated heterocycles. The summed E-state index contributed by atoms with van der Waals surface area (Å²) in [5.41, 5.74) is 1.40. The average molecular weight is 321 g/mol. The van der Waals surface area contributed by atoms with E-state index in [1.54, 1.807) is 20.8 Å². The normalized spacial score (nSPS) is 13.3. The Morgan fingerprint density at radius 2 is 1.61 bits per heavy atom. The number of rotatable bonds is 4. The average Bonchev–Trinajstić information content (AvgIpc) is 2.35. The molecule has 0 bridgehead atoms. The standard InChI is InChI=1S/C18H27NO4/c1-17(2,3)13-9-7-12(8-10-13)11-14(15(20)21)19-16(22)23-18(4,5)6/h7-10,14H,11H2,1-6H3,(H,19,22)(H,20,21)/t14-/m0/s1. The second-order valence-electron chi connectivity index (χ2n) is 7.69. The van der Waals surface area contributed by atoms with E-state index in [1.807, 2.05) is 24.3 Å². The number of carboxylic acid groups (broad SMARTS) is 1. The summed E-state index contributed by atoms with van der Waals surface area (Å²) in [6, 6.07) is 6.75. The van der Waals surface area contributed by atoms with Crippen molar-refractivity contribution < 1.29 is 19.4 Å². The zero-order chi connectivity index (χ0) is 17.8. The lowest BCUT2D eigenvalue weighted by Gasteiger charge is -2.22. The lowest BCUT2D eigenvalue weighted by molar-refractivity contribution is -0.139. The van der Waals surface area contributed by atoms with Crippen LogP contribution in [0.1, 0.15) is 52.7 Å². The Balaban J connectivity index is 2.77. The number of amides is 1. The fourth-order valence-corrected chi connectivity index (χ4v) is 2.03. The van der Waals surface area contributed by atoms with Gasteiger partial charge in [0.25, 0.3) is 0 Å². The Hall–Kier alpha value is -2.04. The van der Waals surface area contributed by atoms with Crippen LogP contribution in [0, 0.1) is 0 Å². The molecule has 0 aliphatic heterocycles. The van der Waals surface area contributed by atoms with Crippen molar-refractivity contribution in [1.82, 2.24) is 5.32 Å². The Labute approximate surface area is 138 Å². The number of aliphatic carboxylic acids is 1. The molecule has 5 heteroatoms. The molecule has 23 heavy (non-hydrogen) atoms. The number of alkyl carbamates (subject to hydrolysis) is 1. The van der Waals surface area contributed by atoms with Gasteiger partial charge in [-0.3, -0.25) is 0 Å². The molecule has 0 heterocycles. The molecule has 0 fully saturated rings. The zero-order valence-electron chi connectivity index (χ0n) is 14.8. The van der Waals surface area contributed by atoms with E-state index in [1.165, 1.54) is 5.56 Å². The first kappa shape index (κ1) is 19.0. The predicted molar refractivity (Wildman–Crippen MR) is 89.6 cm³/mol. The molecule has 128 valence electrons. The number of benzene rings is 1. The van der Waals surface area contributed by atoms with Crippen LogP contribution in [0.5, 0.6) is 0 Å². The second-order valence-corrected chi connectivity index (χ2v) is 7.69. The van der Waals surface area contributed by atoms with Gasteiger partial charge >= 0.3 is 12.1 Å². The van der Waals surface area contributed by atoms with E-state index < -0.39 is 23.7 Å². The van der Waals surface area contributed by atoms with Crippen molar-refractivity contribution in [3.63, 3.8) is 0 Å². The van der Waals surface area contributed by atoms with E-state index in [0.717, 1.165) is 5.56 Å². The van der Waals surface area contributed by atoms with E-state index in [4.69, 9.17) is 4.74 Å². The molecule has 0 spiro atoms. The van der Waals surface area contributed by atoms with Gasteiger partial charge in [0.2, 0.25) is 0 Å². The highest BCUT2D eigenvalue weighted by Crippen LogP contribution is 2.22. The maximum Gasteiger partial charge on any atom is 0.408 e. The lowest BCUT2D eigenvalue weighted by Crippen LogP contribution is -2.44. The van der Waals surface area contributed by atoms with Gasteiger partial charge < -0.3 is 15.2 Å². The number of hydrogen-bond donors (Lipinski definition) is 2. The Kier molecular flexibility index (Phi) is 5.81. The first-order valence-electron chi connectivity index (χ1n) is 7.70. The highest BCUT2D eigenvalue weighted by Gasteiger charge is 2.24. The van der Waals surface area contributed by atoms with E-state index in [0.29, 0.717) is 0 Å². The van der Waals surface area contributed by atoms with E-state index in [2.05, 4.69) is 26.1 Å². The summed E-state index contributed by atoms with van der Waals surface area (Å²) in [5, 5.41) is 11.7. The first-order chi connectivity index (χ1) is 10.4. The van der Waals surface area contributed by atoms with Crippen LogP contribution in [-0.4, -0.2) is 28.8 Å². The van der Waals surface area contributed by atoms with Crippen LogP contribution in [0.25, 0.3) is 0 Å². The predicted octanol–water partition coefficient (Wildman–Crippen LogP) is 3.50. The molecule has 1 aromatic rings. The fourth-order valence-electron chi connectivity index (χ4n) is 2.03. The SMILES string of the molecule is CC(C)(C)OC(=O)N[C@@H](Cc1ccc(C(C)(C)C)cc1)C(=O)O.